The van der Waals surface area contributed by atoms with Gasteiger partial charge in [-0.2, -0.15) is 0 Å². The number of hydrogen-bond acceptors (Lipinski definition) is 2. The maximum Gasteiger partial charge on any atom is 0.0872 e. The van der Waals surface area contributed by atoms with Gasteiger partial charge in [-0.3, -0.25) is 0 Å². The fraction of sp³-hybridized carbons (Fsp3) is 0.600. The molecule has 0 aromatic heterocycles. The minimum absolute atomic E-state index is 0.0160. The molecular weight excluding hydrogens is 210 g/mol. The van der Waals surface area contributed by atoms with Gasteiger partial charge in [-0.15, -0.1) is 0 Å². The molecule has 1 aliphatic rings. The molecule has 1 aromatic carbocycles. The molecule has 0 aliphatic heterocycles. The fourth-order valence-corrected chi connectivity index (χ4v) is 2.83. The number of hydrogen-bond donors (Lipinski definition) is 1. The van der Waals surface area contributed by atoms with E-state index in [2.05, 4.69) is 43.4 Å². The highest BCUT2D eigenvalue weighted by molar-refractivity contribution is 5.31. The number of ether oxygens (including phenoxy) is 1. The summed E-state index contributed by atoms with van der Waals surface area (Å²) in [6, 6.07) is 8.95. The van der Waals surface area contributed by atoms with E-state index in [0.29, 0.717) is 6.04 Å². The highest BCUT2D eigenvalue weighted by atomic mass is 16.5. The van der Waals surface area contributed by atoms with E-state index < -0.39 is 0 Å². The van der Waals surface area contributed by atoms with Gasteiger partial charge in [0.2, 0.25) is 0 Å². The van der Waals surface area contributed by atoms with E-state index in [1.54, 1.807) is 0 Å². The lowest BCUT2D eigenvalue weighted by Gasteiger charge is -2.47. The van der Waals surface area contributed by atoms with Gasteiger partial charge in [0.25, 0.3) is 0 Å². The second-order valence-electron chi connectivity index (χ2n) is 4.97. The molecule has 1 saturated carbocycles. The number of rotatable bonds is 5. The van der Waals surface area contributed by atoms with Crippen LogP contribution in [0.2, 0.25) is 0 Å². The molecule has 1 atom stereocenters. The Kier molecular flexibility index (Phi) is 3.85. The summed E-state index contributed by atoms with van der Waals surface area (Å²) in [4.78, 5) is 0. The third kappa shape index (κ3) is 2.24. The molecular formula is C15H23NO. The van der Waals surface area contributed by atoms with Crippen LogP contribution in [0.15, 0.2) is 24.3 Å². The largest absolute Gasteiger partial charge is 0.376 e. The molecule has 0 spiro atoms. The summed E-state index contributed by atoms with van der Waals surface area (Å²) < 4.78 is 5.84. The fourth-order valence-electron chi connectivity index (χ4n) is 2.83. The normalized spacial score (nSPS) is 19.7. The lowest BCUT2D eigenvalue weighted by atomic mass is 9.71. The topological polar surface area (TPSA) is 21.3 Å². The molecule has 0 amide bonds. The van der Waals surface area contributed by atoms with Gasteiger partial charge in [-0.25, -0.2) is 0 Å². The molecule has 2 rings (SSSR count). The van der Waals surface area contributed by atoms with Crippen molar-refractivity contribution in [2.45, 2.75) is 44.8 Å². The molecule has 94 valence electrons. The Morgan fingerprint density at radius 3 is 2.53 bits per heavy atom. The van der Waals surface area contributed by atoms with Crippen LogP contribution in [0.25, 0.3) is 0 Å². The molecule has 1 unspecified atom stereocenters. The summed E-state index contributed by atoms with van der Waals surface area (Å²) in [5.41, 5.74) is 2.75. The second kappa shape index (κ2) is 5.19. The Morgan fingerprint density at radius 1 is 1.35 bits per heavy atom. The molecule has 0 bridgehead atoms. The van der Waals surface area contributed by atoms with E-state index in [1.807, 2.05) is 7.11 Å². The van der Waals surface area contributed by atoms with Crippen molar-refractivity contribution < 1.29 is 4.74 Å². The smallest absolute Gasteiger partial charge is 0.0872 e. The van der Waals surface area contributed by atoms with Crippen LogP contribution in [0.4, 0.5) is 0 Å². The summed E-state index contributed by atoms with van der Waals surface area (Å²) in [7, 11) is 1.85. The number of nitrogens with one attached hydrogen (secondary N) is 1. The maximum atomic E-state index is 5.84. The summed E-state index contributed by atoms with van der Waals surface area (Å²) in [6.07, 6.45) is 3.60. The van der Waals surface area contributed by atoms with E-state index >= 15 is 0 Å². The van der Waals surface area contributed by atoms with Crippen LogP contribution in [-0.2, 0) is 4.74 Å². The van der Waals surface area contributed by atoms with Crippen LogP contribution in [0.5, 0.6) is 0 Å². The van der Waals surface area contributed by atoms with Crippen molar-refractivity contribution in [2.24, 2.45) is 0 Å². The highest BCUT2D eigenvalue weighted by Crippen LogP contribution is 2.45. The van der Waals surface area contributed by atoms with E-state index in [-0.39, 0.29) is 5.60 Å². The first kappa shape index (κ1) is 12.6. The van der Waals surface area contributed by atoms with Gasteiger partial charge in [0, 0.05) is 7.11 Å². The lowest BCUT2D eigenvalue weighted by molar-refractivity contribution is -0.0996. The van der Waals surface area contributed by atoms with Crippen molar-refractivity contribution in [2.75, 3.05) is 13.7 Å². The minimum atomic E-state index is 0.0160. The average molecular weight is 233 g/mol. The molecule has 1 N–H and O–H groups in total. The van der Waals surface area contributed by atoms with Crippen molar-refractivity contribution >= 4 is 0 Å². The SMILES string of the molecule is CCNC(c1ccccc1C)C1(OC)CCC1. The van der Waals surface area contributed by atoms with Crippen molar-refractivity contribution in [3.8, 4) is 0 Å². The number of likely N-dealkylation sites (N-methyl/N-ethyl adjacent to an activating group) is 1. The molecule has 1 fully saturated rings. The van der Waals surface area contributed by atoms with Crippen LogP contribution in [0.1, 0.15) is 43.4 Å². The predicted molar refractivity (Wildman–Crippen MR) is 71.2 cm³/mol. The molecule has 0 radical (unpaired) electrons. The van der Waals surface area contributed by atoms with Gasteiger partial charge in [-0.05, 0) is 43.9 Å². The van der Waals surface area contributed by atoms with Crippen molar-refractivity contribution in [1.29, 1.82) is 0 Å². The summed E-state index contributed by atoms with van der Waals surface area (Å²) in [6.45, 7) is 5.32. The zero-order valence-corrected chi connectivity index (χ0v) is 11.1. The first-order valence-corrected chi connectivity index (χ1v) is 6.57. The monoisotopic (exact) mass is 233 g/mol. The maximum absolute atomic E-state index is 5.84. The Morgan fingerprint density at radius 2 is 2.06 bits per heavy atom. The van der Waals surface area contributed by atoms with Crippen LogP contribution in [-0.4, -0.2) is 19.3 Å². The Hall–Kier alpha value is -0.860. The molecule has 0 saturated heterocycles. The van der Waals surface area contributed by atoms with Crippen molar-refractivity contribution in [3.63, 3.8) is 0 Å². The first-order valence-electron chi connectivity index (χ1n) is 6.57. The number of benzene rings is 1. The van der Waals surface area contributed by atoms with E-state index in [0.717, 1.165) is 19.4 Å². The van der Waals surface area contributed by atoms with Crippen LogP contribution in [0.3, 0.4) is 0 Å². The Labute approximate surface area is 104 Å². The average Bonchev–Trinajstić information content (AvgIpc) is 2.28. The molecule has 2 heteroatoms. The second-order valence-corrected chi connectivity index (χ2v) is 4.97. The molecule has 0 heterocycles. The van der Waals surface area contributed by atoms with Crippen LogP contribution >= 0.6 is 0 Å². The molecule has 2 nitrogen and oxygen atoms in total. The standard InChI is InChI=1S/C15H23NO/c1-4-16-14(15(17-3)10-7-11-15)13-9-6-5-8-12(13)2/h5-6,8-9,14,16H,4,7,10-11H2,1-3H3. The van der Waals surface area contributed by atoms with E-state index in [1.165, 1.54) is 17.5 Å². The quantitative estimate of drug-likeness (QED) is 0.843. The van der Waals surface area contributed by atoms with Gasteiger partial charge in [0.05, 0.1) is 11.6 Å². The zero-order chi connectivity index (χ0) is 12.3. The van der Waals surface area contributed by atoms with Gasteiger partial charge < -0.3 is 10.1 Å². The van der Waals surface area contributed by atoms with Gasteiger partial charge in [0.1, 0.15) is 0 Å². The highest BCUT2D eigenvalue weighted by Gasteiger charge is 2.45. The van der Waals surface area contributed by atoms with E-state index in [4.69, 9.17) is 4.74 Å². The first-order chi connectivity index (χ1) is 8.23. The third-order valence-corrected chi connectivity index (χ3v) is 4.04. The Balaban J connectivity index is 2.32. The van der Waals surface area contributed by atoms with Gasteiger partial charge >= 0.3 is 0 Å². The molecule has 17 heavy (non-hydrogen) atoms. The van der Waals surface area contributed by atoms with E-state index in [9.17, 15) is 0 Å². The summed E-state index contributed by atoms with van der Waals surface area (Å²) >= 11 is 0. The number of aryl methyl sites for hydroxylation is 1. The molecule has 1 aliphatic carbocycles. The summed E-state index contributed by atoms with van der Waals surface area (Å²) in [5.74, 6) is 0. The van der Waals surface area contributed by atoms with Crippen LogP contribution in [0, 0.1) is 6.92 Å². The zero-order valence-electron chi connectivity index (χ0n) is 11.1. The minimum Gasteiger partial charge on any atom is -0.376 e. The van der Waals surface area contributed by atoms with Crippen molar-refractivity contribution in [1.82, 2.24) is 5.32 Å². The summed E-state index contributed by atoms with van der Waals surface area (Å²) in [5, 5.41) is 3.61. The Bertz CT molecular complexity index is 365. The third-order valence-electron chi connectivity index (χ3n) is 4.04. The molecule has 1 aromatic rings. The predicted octanol–water partition coefficient (Wildman–Crippen LogP) is 3.21. The van der Waals surface area contributed by atoms with Crippen molar-refractivity contribution in [3.05, 3.63) is 35.4 Å². The van der Waals surface area contributed by atoms with Gasteiger partial charge in [-0.1, -0.05) is 31.2 Å². The number of methoxy groups -OCH3 is 1. The van der Waals surface area contributed by atoms with Crippen LogP contribution < -0.4 is 5.32 Å². The van der Waals surface area contributed by atoms with Gasteiger partial charge in [0.15, 0.2) is 0 Å². The lowest BCUT2D eigenvalue weighted by Crippen LogP contribution is -2.50.